The summed E-state index contributed by atoms with van der Waals surface area (Å²) in [4.78, 5) is 8.47. The van der Waals surface area contributed by atoms with Crippen LogP contribution in [0.15, 0.2) is 39.9 Å². The summed E-state index contributed by atoms with van der Waals surface area (Å²) in [6, 6.07) is 7.93. The molecular weight excluding hydrogens is 455 g/mol. The Morgan fingerprint density at radius 1 is 1.24 bits per heavy atom. The Labute approximate surface area is 165 Å². The second-order valence-corrected chi connectivity index (χ2v) is 7.75. The third-order valence-electron chi connectivity index (χ3n) is 3.28. The molecule has 0 atom stereocenters. The summed E-state index contributed by atoms with van der Waals surface area (Å²) in [5.74, 6) is 1.13. The van der Waals surface area contributed by atoms with E-state index >= 15 is 0 Å². The summed E-state index contributed by atoms with van der Waals surface area (Å²) in [5, 5.41) is 6.01. The van der Waals surface area contributed by atoms with Crippen LogP contribution in [0.3, 0.4) is 0 Å². The lowest BCUT2D eigenvalue weighted by Crippen LogP contribution is -2.39. The van der Waals surface area contributed by atoms with Gasteiger partial charge in [0.05, 0.1) is 18.0 Å². The second-order valence-electron chi connectivity index (χ2n) is 5.49. The monoisotopic (exact) mass is 478 g/mol. The van der Waals surface area contributed by atoms with Crippen molar-refractivity contribution in [3.8, 4) is 11.5 Å². The minimum Gasteiger partial charge on any atom is -0.444 e. The smallest absolute Gasteiger partial charge is 0.226 e. The van der Waals surface area contributed by atoms with E-state index in [1.54, 1.807) is 13.3 Å². The van der Waals surface area contributed by atoms with Crippen molar-refractivity contribution in [2.45, 2.75) is 13.5 Å². The summed E-state index contributed by atoms with van der Waals surface area (Å²) >= 11 is 0. The number of guanidine groups is 1. The molecule has 2 N–H and O–H groups in total. The first kappa shape index (κ1) is 21.4. The number of aliphatic imine (C=N–C) groups is 1. The number of benzene rings is 1. The van der Waals surface area contributed by atoms with Crippen LogP contribution in [0.4, 0.5) is 0 Å². The number of nitrogens with one attached hydrogen (secondary N) is 2. The number of aromatic nitrogens is 1. The molecule has 1 heterocycles. The van der Waals surface area contributed by atoms with Crippen LogP contribution < -0.4 is 10.6 Å². The van der Waals surface area contributed by atoms with Crippen LogP contribution in [-0.4, -0.2) is 45.0 Å². The minimum atomic E-state index is -3.00. The lowest BCUT2D eigenvalue weighted by Gasteiger charge is -2.09. The van der Waals surface area contributed by atoms with Crippen LogP contribution in [0, 0.1) is 6.92 Å². The van der Waals surface area contributed by atoms with Gasteiger partial charge in [0.15, 0.2) is 5.96 Å². The van der Waals surface area contributed by atoms with Crippen molar-refractivity contribution in [2.75, 3.05) is 25.6 Å². The molecule has 7 nitrogen and oxygen atoms in total. The molecule has 0 aliphatic rings. The number of halogens is 1. The summed E-state index contributed by atoms with van der Waals surface area (Å²) in [5.41, 5.74) is 2.83. The first-order valence-corrected chi connectivity index (χ1v) is 9.57. The van der Waals surface area contributed by atoms with E-state index in [0.29, 0.717) is 24.9 Å². The van der Waals surface area contributed by atoms with Crippen molar-refractivity contribution in [3.63, 3.8) is 0 Å². The van der Waals surface area contributed by atoms with E-state index in [2.05, 4.69) is 20.6 Å². The maximum atomic E-state index is 11.1. The lowest BCUT2D eigenvalue weighted by molar-refractivity contribution is 0.572. The van der Waals surface area contributed by atoms with Crippen molar-refractivity contribution < 1.29 is 12.8 Å². The Kier molecular flexibility index (Phi) is 8.36. The number of aryl methyl sites for hydroxylation is 1. The molecule has 0 unspecified atom stereocenters. The van der Waals surface area contributed by atoms with Gasteiger partial charge in [-0.2, -0.15) is 0 Å². The van der Waals surface area contributed by atoms with Gasteiger partial charge >= 0.3 is 0 Å². The molecule has 0 saturated heterocycles. The van der Waals surface area contributed by atoms with Crippen molar-refractivity contribution in [2.24, 2.45) is 4.99 Å². The zero-order chi connectivity index (χ0) is 17.6. The van der Waals surface area contributed by atoms with Crippen LogP contribution >= 0.6 is 24.0 Å². The Hall–Kier alpha value is -1.62. The molecule has 25 heavy (non-hydrogen) atoms. The average molecular weight is 478 g/mol. The first-order chi connectivity index (χ1) is 11.4. The van der Waals surface area contributed by atoms with Crippen LogP contribution in [0.1, 0.15) is 11.3 Å². The van der Waals surface area contributed by atoms with Crippen LogP contribution in [0.2, 0.25) is 0 Å². The Balaban J connectivity index is 0.00000312. The number of nitrogens with zero attached hydrogens (tertiary/aromatic N) is 2. The highest BCUT2D eigenvalue weighted by molar-refractivity contribution is 14.0. The first-order valence-electron chi connectivity index (χ1n) is 7.51. The predicted molar refractivity (Wildman–Crippen MR) is 110 cm³/mol. The van der Waals surface area contributed by atoms with Crippen LogP contribution in [-0.2, 0) is 16.4 Å². The molecular formula is C16H23IN4O3S. The van der Waals surface area contributed by atoms with Crippen molar-refractivity contribution in [1.29, 1.82) is 0 Å². The number of sulfone groups is 1. The van der Waals surface area contributed by atoms with Gasteiger partial charge in [0.1, 0.15) is 16.1 Å². The zero-order valence-corrected chi connectivity index (χ0v) is 17.6. The highest BCUT2D eigenvalue weighted by Crippen LogP contribution is 2.18. The normalized spacial score (nSPS) is 11.7. The lowest BCUT2D eigenvalue weighted by atomic mass is 10.1. The van der Waals surface area contributed by atoms with Gasteiger partial charge in [0.2, 0.25) is 5.89 Å². The summed E-state index contributed by atoms with van der Waals surface area (Å²) < 4.78 is 27.7. The fourth-order valence-corrected chi connectivity index (χ4v) is 2.44. The fourth-order valence-electron chi connectivity index (χ4n) is 1.97. The van der Waals surface area contributed by atoms with Crippen molar-refractivity contribution >= 4 is 39.8 Å². The molecule has 2 rings (SSSR count). The predicted octanol–water partition coefficient (Wildman–Crippen LogP) is 1.98. The van der Waals surface area contributed by atoms with E-state index in [-0.39, 0.29) is 29.7 Å². The summed E-state index contributed by atoms with van der Waals surface area (Å²) in [7, 11) is -1.38. The van der Waals surface area contributed by atoms with Gasteiger partial charge in [-0.25, -0.2) is 13.4 Å². The van der Waals surface area contributed by atoms with Crippen LogP contribution in [0.5, 0.6) is 0 Å². The van der Waals surface area contributed by atoms with E-state index < -0.39 is 9.84 Å². The SMILES string of the molecule is CN=C(NCCS(C)(=O)=O)NCc1coc(-c2ccc(C)cc2)n1.I. The maximum absolute atomic E-state index is 11.1. The maximum Gasteiger partial charge on any atom is 0.226 e. The van der Waals surface area contributed by atoms with Crippen molar-refractivity contribution in [1.82, 2.24) is 15.6 Å². The van der Waals surface area contributed by atoms with Crippen molar-refractivity contribution in [3.05, 3.63) is 41.8 Å². The molecule has 0 aliphatic heterocycles. The Bertz CT molecular complexity index is 801. The molecule has 0 bridgehead atoms. The largest absolute Gasteiger partial charge is 0.444 e. The third-order valence-corrected chi connectivity index (χ3v) is 4.22. The Morgan fingerprint density at radius 2 is 1.92 bits per heavy atom. The van der Waals surface area contributed by atoms with Gasteiger partial charge in [0.25, 0.3) is 0 Å². The highest BCUT2D eigenvalue weighted by Gasteiger charge is 2.08. The summed E-state index contributed by atoms with van der Waals surface area (Å²) in [6.07, 6.45) is 2.79. The standard InChI is InChI=1S/C16H22N4O3S.HI/c1-12-4-6-13(7-5-12)15-20-14(11-23-15)10-19-16(17-2)18-8-9-24(3,21)22;/h4-7,11H,8-10H2,1-3H3,(H2,17,18,19);1H. The van der Waals surface area contributed by atoms with Gasteiger partial charge in [-0.1, -0.05) is 17.7 Å². The molecule has 0 spiro atoms. The molecule has 9 heteroatoms. The Morgan fingerprint density at radius 3 is 2.52 bits per heavy atom. The molecule has 138 valence electrons. The van der Waals surface area contributed by atoms with E-state index in [1.165, 1.54) is 11.8 Å². The molecule has 0 aliphatic carbocycles. The summed E-state index contributed by atoms with van der Waals surface area (Å²) in [6.45, 7) is 2.75. The number of oxazole rings is 1. The third kappa shape index (κ3) is 7.43. The molecule has 2 aromatic rings. The highest BCUT2D eigenvalue weighted by atomic mass is 127. The average Bonchev–Trinajstić information content (AvgIpc) is 2.99. The van der Waals surface area contributed by atoms with E-state index in [4.69, 9.17) is 4.42 Å². The topological polar surface area (TPSA) is 96.6 Å². The van der Waals surface area contributed by atoms with Gasteiger partial charge in [0, 0.05) is 25.4 Å². The van der Waals surface area contributed by atoms with E-state index in [1.807, 2.05) is 31.2 Å². The zero-order valence-electron chi connectivity index (χ0n) is 14.4. The molecule has 1 aromatic carbocycles. The molecule has 0 saturated carbocycles. The molecule has 0 radical (unpaired) electrons. The minimum absolute atomic E-state index is 0. The number of hydrogen-bond donors (Lipinski definition) is 2. The van der Waals surface area contributed by atoms with Gasteiger partial charge < -0.3 is 15.1 Å². The second kappa shape index (κ2) is 9.76. The molecule has 0 amide bonds. The van der Waals surface area contributed by atoms with Gasteiger partial charge in [-0.05, 0) is 19.1 Å². The molecule has 0 fully saturated rings. The quantitative estimate of drug-likeness (QED) is 0.375. The molecule has 1 aromatic heterocycles. The number of rotatable bonds is 6. The van der Waals surface area contributed by atoms with E-state index in [9.17, 15) is 8.42 Å². The van der Waals surface area contributed by atoms with Gasteiger partial charge in [-0.3, -0.25) is 4.99 Å². The van der Waals surface area contributed by atoms with E-state index in [0.717, 1.165) is 11.3 Å². The fraction of sp³-hybridized carbons (Fsp3) is 0.375. The van der Waals surface area contributed by atoms with Crippen LogP contribution in [0.25, 0.3) is 11.5 Å². The number of hydrogen-bond acceptors (Lipinski definition) is 5. The van der Waals surface area contributed by atoms with Gasteiger partial charge in [-0.15, -0.1) is 24.0 Å².